The summed E-state index contributed by atoms with van der Waals surface area (Å²) >= 11 is 3.51. The molecule has 0 amide bonds. The normalized spacial score (nSPS) is 23.8. The quantitative estimate of drug-likeness (QED) is 0.873. The number of benzene rings is 1. The Hall–Kier alpha value is -0.420. The van der Waals surface area contributed by atoms with Gasteiger partial charge in [0, 0.05) is 9.89 Å². The standard InChI is InChI=1S/C15H21BrO3/c1-11-6-7-12(19-11)8-15(9-17,10-18)13-4-2-3-5-14(13)16/h2-5,11-12,17-18H,6-10H2,1H3. The molecular formula is C15H21BrO3. The van der Waals surface area contributed by atoms with Crippen molar-refractivity contribution in [2.24, 2.45) is 0 Å². The van der Waals surface area contributed by atoms with E-state index in [4.69, 9.17) is 4.74 Å². The van der Waals surface area contributed by atoms with Gasteiger partial charge in [-0.1, -0.05) is 34.1 Å². The second-order valence-electron chi connectivity index (χ2n) is 5.43. The summed E-state index contributed by atoms with van der Waals surface area (Å²) in [4.78, 5) is 0. The van der Waals surface area contributed by atoms with Gasteiger partial charge >= 0.3 is 0 Å². The maximum absolute atomic E-state index is 9.84. The molecule has 2 N–H and O–H groups in total. The number of aliphatic hydroxyl groups is 2. The minimum Gasteiger partial charge on any atom is -0.395 e. The van der Waals surface area contributed by atoms with Gasteiger partial charge in [0.25, 0.3) is 0 Å². The summed E-state index contributed by atoms with van der Waals surface area (Å²) < 4.78 is 6.76. The molecule has 1 fully saturated rings. The zero-order chi connectivity index (χ0) is 13.9. The van der Waals surface area contributed by atoms with Gasteiger partial charge in [-0.3, -0.25) is 0 Å². The van der Waals surface area contributed by atoms with Crippen molar-refractivity contribution in [3.63, 3.8) is 0 Å². The lowest BCUT2D eigenvalue weighted by molar-refractivity contribution is 0.0111. The number of aliphatic hydroxyl groups excluding tert-OH is 2. The summed E-state index contributed by atoms with van der Waals surface area (Å²) in [5, 5.41) is 19.7. The van der Waals surface area contributed by atoms with Crippen LogP contribution < -0.4 is 0 Å². The fourth-order valence-corrected chi connectivity index (χ4v) is 3.53. The fourth-order valence-electron chi connectivity index (χ4n) is 2.82. The molecule has 1 saturated heterocycles. The summed E-state index contributed by atoms with van der Waals surface area (Å²) in [6.07, 6.45) is 3.08. The maximum atomic E-state index is 9.84. The number of ether oxygens (including phenoxy) is 1. The monoisotopic (exact) mass is 328 g/mol. The van der Waals surface area contributed by atoms with Gasteiger partial charge in [0.1, 0.15) is 0 Å². The van der Waals surface area contributed by atoms with E-state index in [1.54, 1.807) is 0 Å². The predicted molar refractivity (Wildman–Crippen MR) is 78.2 cm³/mol. The third-order valence-electron chi connectivity index (χ3n) is 3.99. The molecule has 0 spiro atoms. The largest absolute Gasteiger partial charge is 0.395 e. The van der Waals surface area contributed by atoms with Crippen molar-refractivity contribution in [1.29, 1.82) is 0 Å². The molecule has 0 aliphatic carbocycles. The van der Waals surface area contributed by atoms with Crippen LogP contribution in [0.1, 0.15) is 31.7 Å². The van der Waals surface area contributed by atoms with E-state index in [0.717, 1.165) is 22.9 Å². The summed E-state index contributed by atoms with van der Waals surface area (Å²) in [6, 6.07) is 7.75. The molecule has 2 rings (SSSR count). The van der Waals surface area contributed by atoms with Crippen molar-refractivity contribution >= 4 is 15.9 Å². The molecule has 1 aromatic rings. The Morgan fingerprint density at radius 2 is 1.95 bits per heavy atom. The van der Waals surface area contributed by atoms with E-state index in [0.29, 0.717) is 6.42 Å². The van der Waals surface area contributed by atoms with Crippen LogP contribution in [0.3, 0.4) is 0 Å². The Bertz CT molecular complexity index is 418. The van der Waals surface area contributed by atoms with Crippen molar-refractivity contribution < 1.29 is 14.9 Å². The number of hydrogen-bond donors (Lipinski definition) is 2. The Morgan fingerprint density at radius 1 is 1.26 bits per heavy atom. The van der Waals surface area contributed by atoms with Crippen LogP contribution in [0.25, 0.3) is 0 Å². The highest BCUT2D eigenvalue weighted by Gasteiger charge is 2.37. The lowest BCUT2D eigenvalue weighted by Crippen LogP contribution is -2.39. The van der Waals surface area contributed by atoms with Gasteiger partial charge < -0.3 is 14.9 Å². The second-order valence-corrected chi connectivity index (χ2v) is 6.28. The van der Waals surface area contributed by atoms with Crippen LogP contribution >= 0.6 is 15.9 Å². The highest BCUT2D eigenvalue weighted by atomic mass is 79.9. The molecule has 4 heteroatoms. The SMILES string of the molecule is CC1CCC(CC(CO)(CO)c2ccccc2Br)O1. The third-order valence-corrected chi connectivity index (χ3v) is 4.68. The van der Waals surface area contributed by atoms with E-state index < -0.39 is 5.41 Å². The minimum atomic E-state index is -0.644. The smallest absolute Gasteiger partial charge is 0.0590 e. The van der Waals surface area contributed by atoms with E-state index in [1.807, 2.05) is 24.3 Å². The van der Waals surface area contributed by atoms with Crippen LogP contribution in [-0.4, -0.2) is 35.6 Å². The molecule has 0 bridgehead atoms. The van der Waals surface area contributed by atoms with Crippen LogP contribution in [0, 0.1) is 0 Å². The Balaban J connectivity index is 2.25. The average Bonchev–Trinajstić information content (AvgIpc) is 2.82. The molecule has 106 valence electrons. The third kappa shape index (κ3) is 3.19. The highest BCUT2D eigenvalue weighted by molar-refractivity contribution is 9.10. The molecule has 0 aromatic heterocycles. The first-order valence-electron chi connectivity index (χ1n) is 6.73. The molecule has 2 atom stereocenters. The Kier molecular flexibility index (Phi) is 5.01. The average molecular weight is 329 g/mol. The van der Waals surface area contributed by atoms with Crippen molar-refractivity contribution in [2.75, 3.05) is 13.2 Å². The van der Waals surface area contributed by atoms with E-state index in [1.165, 1.54) is 0 Å². The maximum Gasteiger partial charge on any atom is 0.0590 e. The van der Waals surface area contributed by atoms with Gasteiger partial charge in [0.2, 0.25) is 0 Å². The van der Waals surface area contributed by atoms with Crippen molar-refractivity contribution in [3.05, 3.63) is 34.3 Å². The van der Waals surface area contributed by atoms with Gasteiger partial charge in [-0.25, -0.2) is 0 Å². The second kappa shape index (κ2) is 6.35. The fraction of sp³-hybridized carbons (Fsp3) is 0.600. The summed E-state index contributed by atoms with van der Waals surface area (Å²) in [6.45, 7) is 1.90. The predicted octanol–water partition coefficient (Wildman–Crippen LogP) is 2.63. The van der Waals surface area contributed by atoms with Gasteiger partial charge in [-0.05, 0) is 37.8 Å². The molecule has 1 heterocycles. The first-order chi connectivity index (χ1) is 9.11. The molecule has 3 nitrogen and oxygen atoms in total. The molecule has 1 aliphatic heterocycles. The molecule has 1 aromatic carbocycles. The number of hydrogen-bond acceptors (Lipinski definition) is 3. The minimum absolute atomic E-state index is 0.0830. The molecule has 1 aliphatic rings. The molecule has 2 unspecified atom stereocenters. The topological polar surface area (TPSA) is 49.7 Å². The number of halogens is 1. The summed E-state index contributed by atoms with van der Waals surface area (Å²) in [5.74, 6) is 0. The molecular weight excluding hydrogens is 308 g/mol. The zero-order valence-corrected chi connectivity index (χ0v) is 12.8. The lowest BCUT2D eigenvalue weighted by atomic mass is 9.77. The van der Waals surface area contributed by atoms with Crippen LogP contribution in [0.5, 0.6) is 0 Å². The summed E-state index contributed by atoms with van der Waals surface area (Å²) in [7, 11) is 0. The van der Waals surface area contributed by atoms with Crippen molar-refractivity contribution in [1.82, 2.24) is 0 Å². The van der Waals surface area contributed by atoms with Gasteiger partial charge in [-0.2, -0.15) is 0 Å². The molecule has 0 saturated carbocycles. The van der Waals surface area contributed by atoms with Gasteiger partial charge in [0.15, 0.2) is 0 Å². The van der Waals surface area contributed by atoms with Crippen molar-refractivity contribution in [2.45, 2.75) is 43.8 Å². The Labute approximate surface area is 122 Å². The first kappa shape index (κ1) is 15.0. The van der Waals surface area contributed by atoms with E-state index >= 15 is 0 Å². The first-order valence-corrected chi connectivity index (χ1v) is 7.53. The lowest BCUT2D eigenvalue weighted by Gasteiger charge is -2.33. The van der Waals surface area contributed by atoms with Crippen LogP contribution in [0.2, 0.25) is 0 Å². The number of rotatable bonds is 5. The van der Waals surface area contributed by atoms with Gasteiger partial charge in [-0.15, -0.1) is 0 Å². The van der Waals surface area contributed by atoms with E-state index in [2.05, 4.69) is 22.9 Å². The highest BCUT2D eigenvalue weighted by Crippen LogP contribution is 2.37. The van der Waals surface area contributed by atoms with Crippen molar-refractivity contribution in [3.8, 4) is 0 Å². The molecule has 0 radical (unpaired) electrons. The van der Waals surface area contributed by atoms with Crippen LogP contribution in [-0.2, 0) is 10.2 Å². The van der Waals surface area contributed by atoms with Gasteiger partial charge in [0.05, 0.1) is 25.4 Å². The van der Waals surface area contributed by atoms with Crippen LogP contribution in [0.15, 0.2) is 28.7 Å². The Morgan fingerprint density at radius 3 is 2.47 bits per heavy atom. The zero-order valence-electron chi connectivity index (χ0n) is 11.2. The summed E-state index contributed by atoms with van der Waals surface area (Å²) in [5.41, 5.74) is 0.303. The van der Waals surface area contributed by atoms with E-state index in [9.17, 15) is 10.2 Å². The van der Waals surface area contributed by atoms with Crippen LogP contribution in [0.4, 0.5) is 0 Å². The molecule has 19 heavy (non-hydrogen) atoms. The van der Waals surface area contributed by atoms with E-state index in [-0.39, 0.29) is 25.4 Å².